The molecule has 3 aliphatic carbocycles. The lowest BCUT2D eigenvalue weighted by molar-refractivity contribution is 0.0248. The summed E-state index contributed by atoms with van der Waals surface area (Å²) >= 11 is 0. The Bertz CT molecular complexity index is 538. The maximum Gasteiger partial charge on any atom is 0.115 e. The second-order valence-corrected chi connectivity index (χ2v) is 7.49. The highest BCUT2D eigenvalue weighted by molar-refractivity contribution is 5.40. The smallest absolute Gasteiger partial charge is 0.115 e. The van der Waals surface area contributed by atoms with E-state index in [2.05, 4.69) is 13.0 Å². The topological polar surface area (TPSA) is 40.5 Å². The molecule has 6 atom stereocenters. The standard InChI is InChI=1S/C19H26O2/c1-2-11-10-17-15(7-8-18(17)21)16-5-3-12-9-13(20)4-6-14(12)19(11)16/h4,6,9,11,15-21H,2-3,5,7-8,10H2,1H3/t11-,15-,16-,17-,18?,19+/m0/s1. The minimum atomic E-state index is -0.0498. The first-order chi connectivity index (χ1) is 10.2. The third-order valence-corrected chi connectivity index (χ3v) is 6.69. The zero-order chi connectivity index (χ0) is 14.6. The average molecular weight is 286 g/mol. The summed E-state index contributed by atoms with van der Waals surface area (Å²) in [6.45, 7) is 2.30. The predicted octanol–water partition coefficient (Wildman–Crippen LogP) is 3.86. The molecule has 3 aliphatic rings. The molecule has 0 saturated heterocycles. The minimum Gasteiger partial charge on any atom is -0.508 e. The van der Waals surface area contributed by atoms with E-state index in [-0.39, 0.29) is 6.10 Å². The zero-order valence-electron chi connectivity index (χ0n) is 12.8. The van der Waals surface area contributed by atoms with Crippen molar-refractivity contribution in [3.8, 4) is 5.75 Å². The summed E-state index contributed by atoms with van der Waals surface area (Å²) in [6, 6.07) is 6.02. The van der Waals surface area contributed by atoms with Gasteiger partial charge in [-0.2, -0.15) is 0 Å². The fraction of sp³-hybridized carbons (Fsp3) is 0.684. The van der Waals surface area contributed by atoms with Crippen LogP contribution in [0.15, 0.2) is 18.2 Å². The second-order valence-electron chi connectivity index (χ2n) is 7.49. The Morgan fingerprint density at radius 1 is 1.10 bits per heavy atom. The van der Waals surface area contributed by atoms with Gasteiger partial charge in [0.1, 0.15) is 5.75 Å². The van der Waals surface area contributed by atoms with Crippen molar-refractivity contribution in [3.05, 3.63) is 29.3 Å². The van der Waals surface area contributed by atoms with Crippen LogP contribution in [0.2, 0.25) is 0 Å². The highest BCUT2D eigenvalue weighted by Gasteiger charge is 2.50. The van der Waals surface area contributed by atoms with Crippen molar-refractivity contribution in [1.82, 2.24) is 0 Å². The summed E-state index contributed by atoms with van der Waals surface area (Å²) in [5.41, 5.74) is 2.86. The van der Waals surface area contributed by atoms with Gasteiger partial charge in [-0.1, -0.05) is 19.4 Å². The quantitative estimate of drug-likeness (QED) is 0.823. The predicted molar refractivity (Wildman–Crippen MR) is 83.3 cm³/mol. The molecule has 2 fully saturated rings. The third-order valence-electron chi connectivity index (χ3n) is 6.69. The largest absolute Gasteiger partial charge is 0.508 e. The van der Waals surface area contributed by atoms with Crippen molar-refractivity contribution in [2.75, 3.05) is 0 Å². The Morgan fingerprint density at radius 3 is 2.76 bits per heavy atom. The molecule has 0 amide bonds. The number of aliphatic hydroxyl groups is 1. The number of benzene rings is 1. The lowest BCUT2D eigenvalue weighted by Gasteiger charge is -2.49. The molecule has 114 valence electrons. The van der Waals surface area contributed by atoms with Gasteiger partial charge in [0.25, 0.3) is 0 Å². The maximum absolute atomic E-state index is 10.3. The number of phenolic OH excluding ortho intramolecular Hbond substituents is 1. The first kappa shape index (κ1) is 13.6. The number of fused-ring (bicyclic) bond motifs is 5. The Labute approximate surface area is 127 Å². The molecule has 0 radical (unpaired) electrons. The van der Waals surface area contributed by atoms with Crippen molar-refractivity contribution in [3.63, 3.8) is 0 Å². The lowest BCUT2D eigenvalue weighted by atomic mass is 9.56. The molecule has 1 aromatic carbocycles. The first-order valence-electron chi connectivity index (χ1n) is 8.69. The number of aryl methyl sites for hydroxylation is 1. The SMILES string of the molecule is CC[C@H]1C[C@@H]2C(O)CC[C@H]2[C@@H]2CCc3cc(O)ccc3[C@@H]12. The Morgan fingerprint density at radius 2 is 1.95 bits per heavy atom. The van der Waals surface area contributed by atoms with Gasteiger partial charge in [0.15, 0.2) is 0 Å². The van der Waals surface area contributed by atoms with Crippen molar-refractivity contribution in [2.24, 2.45) is 23.7 Å². The summed E-state index contributed by atoms with van der Waals surface area (Å²) in [6.07, 6.45) is 6.92. The van der Waals surface area contributed by atoms with Gasteiger partial charge in [-0.15, -0.1) is 0 Å². The summed E-state index contributed by atoms with van der Waals surface area (Å²) in [4.78, 5) is 0. The molecular formula is C19H26O2. The van der Waals surface area contributed by atoms with E-state index in [4.69, 9.17) is 0 Å². The van der Waals surface area contributed by atoms with Gasteiger partial charge in [-0.25, -0.2) is 0 Å². The van der Waals surface area contributed by atoms with E-state index in [1.165, 1.54) is 36.8 Å². The van der Waals surface area contributed by atoms with Crippen molar-refractivity contribution in [1.29, 1.82) is 0 Å². The monoisotopic (exact) mass is 286 g/mol. The highest BCUT2D eigenvalue weighted by atomic mass is 16.3. The van der Waals surface area contributed by atoms with Crippen LogP contribution in [-0.4, -0.2) is 16.3 Å². The van der Waals surface area contributed by atoms with E-state index in [1.54, 1.807) is 0 Å². The van der Waals surface area contributed by atoms with Crippen molar-refractivity contribution in [2.45, 2.75) is 57.5 Å². The average Bonchev–Trinajstić information content (AvgIpc) is 2.87. The Kier molecular flexibility index (Phi) is 3.25. The van der Waals surface area contributed by atoms with E-state index < -0.39 is 0 Å². The van der Waals surface area contributed by atoms with Gasteiger partial charge < -0.3 is 10.2 Å². The Hall–Kier alpha value is -1.02. The fourth-order valence-corrected chi connectivity index (χ4v) is 5.81. The van der Waals surface area contributed by atoms with Gasteiger partial charge in [-0.05, 0) is 85.0 Å². The van der Waals surface area contributed by atoms with Crippen LogP contribution in [0.5, 0.6) is 5.75 Å². The van der Waals surface area contributed by atoms with Crippen LogP contribution < -0.4 is 0 Å². The van der Waals surface area contributed by atoms with Gasteiger partial charge in [0, 0.05) is 0 Å². The zero-order valence-corrected chi connectivity index (χ0v) is 12.8. The molecule has 0 aliphatic heterocycles. The van der Waals surface area contributed by atoms with Crippen molar-refractivity contribution >= 4 is 0 Å². The number of aliphatic hydroxyl groups excluding tert-OH is 1. The van der Waals surface area contributed by atoms with Crippen LogP contribution in [0, 0.1) is 23.7 Å². The number of phenols is 1. The molecule has 2 nitrogen and oxygen atoms in total. The van der Waals surface area contributed by atoms with Gasteiger partial charge in [0.2, 0.25) is 0 Å². The summed E-state index contributed by atoms with van der Waals surface area (Å²) in [7, 11) is 0. The molecular weight excluding hydrogens is 260 g/mol. The molecule has 0 aromatic heterocycles. The summed E-state index contributed by atoms with van der Waals surface area (Å²) in [5.74, 6) is 3.80. The van der Waals surface area contributed by atoms with Crippen LogP contribution in [0.1, 0.15) is 56.1 Å². The third kappa shape index (κ3) is 2.03. The molecule has 2 saturated carbocycles. The van der Waals surface area contributed by atoms with Crippen LogP contribution in [0.25, 0.3) is 0 Å². The van der Waals surface area contributed by atoms with E-state index in [1.807, 2.05) is 12.1 Å². The number of hydrogen-bond donors (Lipinski definition) is 2. The molecule has 0 bridgehead atoms. The number of rotatable bonds is 1. The van der Waals surface area contributed by atoms with Crippen LogP contribution in [-0.2, 0) is 6.42 Å². The molecule has 21 heavy (non-hydrogen) atoms. The van der Waals surface area contributed by atoms with Crippen molar-refractivity contribution < 1.29 is 10.2 Å². The van der Waals surface area contributed by atoms with E-state index in [0.29, 0.717) is 23.5 Å². The summed E-state index contributed by atoms with van der Waals surface area (Å²) < 4.78 is 0. The van der Waals surface area contributed by atoms with E-state index in [0.717, 1.165) is 24.7 Å². The summed E-state index contributed by atoms with van der Waals surface area (Å²) in [5, 5.41) is 20.1. The van der Waals surface area contributed by atoms with Crippen LogP contribution in [0.3, 0.4) is 0 Å². The molecule has 4 rings (SSSR count). The molecule has 1 aromatic rings. The van der Waals surface area contributed by atoms with Crippen LogP contribution in [0.4, 0.5) is 0 Å². The molecule has 2 N–H and O–H groups in total. The Balaban J connectivity index is 1.74. The maximum atomic E-state index is 10.3. The number of aromatic hydroxyl groups is 1. The second kappa shape index (κ2) is 5.01. The first-order valence-corrected chi connectivity index (χ1v) is 8.69. The normalized spacial score (nSPS) is 41.2. The van der Waals surface area contributed by atoms with E-state index in [9.17, 15) is 10.2 Å². The fourth-order valence-electron chi connectivity index (χ4n) is 5.81. The molecule has 0 heterocycles. The number of hydrogen-bond acceptors (Lipinski definition) is 2. The van der Waals surface area contributed by atoms with Crippen LogP contribution >= 0.6 is 0 Å². The van der Waals surface area contributed by atoms with E-state index >= 15 is 0 Å². The van der Waals surface area contributed by atoms with Gasteiger partial charge in [0.05, 0.1) is 6.10 Å². The minimum absolute atomic E-state index is 0.0498. The molecule has 2 heteroatoms. The molecule has 0 spiro atoms. The molecule has 1 unspecified atom stereocenters. The van der Waals surface area contributed by atoms with Gasteiger partial charge in [-0.3, -0.25) is 0 Å². The highest BCUT2D eigenvalue weighted by Crippen LogP contribution is 2.58. The lowest BCUT2D eigenvalue weighted by Crippen LogP contribution is -2.41. The van der Waals surface area contributed by atoms with Gasteiger partial charge >= 0.3 is 0 Å².